The first kappa shape index (κ1) is 24.4. The summed E-state index contributed by atoms with van der Waals surface area (Å²) >= 11 is 7.63. The van der Waals surface area contributed by atoms with Gasteiger partial charge < -0.3 is 4.90 Å². The molecule has 0 radical (unpaired) electrons. The van der Waals surface area contributed by atoms with Crippen molar-refractivity contribution in [3.05, 3.63) is 57.2 Å². The summed E-state index contributed by atoms with van der Waals surface area (Å²) in [6, 6.07) is 6.87. The van der Waals surface area contributed by atoms with Gasteiger partial charge in [-0.1, -0.05) is 17.7 Å². The summed E-state index contributed by atoms with van der Waals surface area (Å²) in [5.74, 6) is 0.538. The summed E-state index contributed by atoms with van der Waals surface area (Å²) in [5, 5.41) is -0.0727. The fourth-order valence-electron chi connectivity index (χ4n) is 4.95. The lowest BCUT2D eigenvalue weighted by molar-refractivity contribution is -0.137. The van der Waals surface area contributed by atoms with E-state index in [0.29, 0.717) is 29.7 Å². The molecule has 0 amide bonds. The molecule has 0 N–H and O–H groups in total. The minimum absolute atomic E-state index is 0.144. The van der Waals surface area contributed by atoms with Gasteiger partial charge in [0, 0.05) is 60.7 Å². The summed E-state index contributed by atoms with van der Waals surface area (Å²) in [6.45, 7) is 5.47. The zero-order valence-corrected chi connectivity index (χ0v) is 21.1. The number of nitrogens with zero attached hydrogens (tertiary/aromatic N) is 5. The number of piperazine rings is 1. The van der Waals surface area contributed by atoms with Crippen LogP contribution >= 0.6 is 23.4 Å². The third-order valence-corrected chi connectivity index (χ3v) is 8.80. The Morgan fingerprint density at radius 1 is 1.14 bits per heavy atom. The van der Waals surface area contributed by atoms with E-state index >= 15 is 0 Å². The predicted octanol–water partition coefficient (Wildman–Crippen LogP) is 4.88. The lowest BCUT2D eigenvalue weighted by Gasteiger charge is -2.43. The topological polar surface area (TPSA) is 54.3 Å². The van der Waals surface area contributed by atoms with Crippen molar-refractivity contribution < 1.29 is 13.2 Å². The number of rotatable bonds is 2. The van der Waals surface area contributed by atoms with Crippen molar-refractivity contribution in [2.24, 2.45) is 0 Å². The van der Waals surface area contributed by atoms with Crippen LogP contribution in [-0.2, 0) is 12.7 Å². The van der Waals surface area contributed by atoms with Crippen LogP contribution in [0.25, 0.3) is 10.9 Å². The minimum Gasteiger partial charge on any atom is -0.353 e. The standard InChI is InChI=1S/C24H25ClF3N5OS/c1-13-9-32(10-14(2)31(13)3)22-16-8-17(24(26,27)28)19(25)21-20(16)33(23(34)30-22)11-15(12-35-21)18-6-4-5-7-29-18/h4-8,13-15H,9-12H2,1-3H3/t13-,14+,15-/m0/s1. The fraction of sp³-hybridized carbons (Fsp3) is 0.458. The highest BCUT2D eigenvalue weighted by Crippen LogP contribution is 2.47. The van der Waals surface area contributed by atoms with E-state index in [4.69, 9.17) is 11.6 Å². The molecule has 2 aromatic heterocycles. The first-order valence-corrected chi connectivity index (χ1v) is 12.8. The average molecular weight is 524 g/mol. The SMILES string of the molecule is C[C@@H]1CN(c2nc(=O)n3c4c(c(Cl)c(C(F)(F)F)cc24)SC[C@@H](c2ccccn2)C3)C[C@H](C)N1C. The summed E-state index contributed by atoms with van der Waals surface area (Å²) in [6.07, 6.45) is -2.97. The largest absolute Gasteiger partial charge is 0.417 e. The van der Waals surface area contributed by atoms with Crippen molar-refractivity contribution in [2.45, 2.75) is 49.5 Å². The minimum atomic E-state index is -4.64. The molecule has 35 heavy (non-hydrogen) atoms. The molecule has 2 aliphatic rings. The Hall–Kier alpha value is -2.30. The number of likely N-dealkylation sites (N-methyl/N-ethyl adjacent to an activating group) is 1. The van der Waals surface area contributed by atoms with E-state index < -0.39 is 17.4 Å². The zero-order valence-electron chi connectivity index (χ0n) is 19.5. The van der Waals surface area contributed by atoms with Crippen molar-refractivity contribution in [3.8, 4) is 0 Å². The second kappa shape index (κ2) is 8.97. The molecule has 3 aromatic rings. The van der Waals surface area contributed by atoms with Crippen molar-refractivity contribution >= 4 is 40.1 Å². The molecule has 0 unspecified atom stereocenters. The molecule has 1 saturated heterocycles. The van der Waals surface area contributed by atoms with E-state index in [1.165, 1.54) is 16.3 Å². The van der Waals surface area contributed by atoms with Crippen molar-refractivity contribution in [3.63, 3.8) is 0 Å². The van der Waals surface area contributed by atoms with Gasteiger partial charge in [-0.15, -0.1) is 11.8 Å². The molecule has 0 saturated carbocycles. The summed E-state index contributed by atoms with van der Waals surface area (Å²) in [7, 11) is 2.02. The highest BCUT2D eigenvalue weighted by Gasteiger charge is 2.38. The van der Waals surface area contributed by atoms with Gasteiger partial charge in [-0.05, 0) is 39.1 Å². The Morgan fingerprint density at radius 2 is 1.86 bits per heavy atom. The Labute approximate surface area is 210 Å². The van der Waals surface area contributed by atoms with Gasteiger partial charge in [0.2, 0.25) is 0 Å². The van der Waals surface area contributed by atoms with E-state index in [1.807, 2.05) is 24.1 Å². The molecular weight excluding hydrogens is 499 g/mol. The quantitative estimate of drug-likeness (QED) is 0.477. The lowest BCUT2D eigenvalue weighted by atomic mass is 10.1. The molecule has 186 valence electrons. The molecule has 0 bridgehead atoms. The van der Waals surface area contributed by atoms with Gasteiger partial charge in [0.1, 0.15) is 5.82 Å². The summed E-state index contributed by atoms with van der Waals surface area (Å²) in [4.78, 5) is 26.6. The molecule has 0 aliphatic carbocycles. The molecule has 3 atom stereocenters. The normalized spacial score (nSPS) is 23.5. The van der Waals surface area contributed by atoms with E-state index in [9.17, 15) is 18.0 Å². The van der Waals surface area contributed by atoms with Crippen LogP contribution in [0.2, 0.25) is 5.02 Å². The van der Waals surface area contributed by atoms with Crippen LogP contribution in [0.15, 0.2) is 40.2 Å². The number of hydrogen-bond donors (Lipinski definition) is 0. The Bertz CT molecular complexity index is 1320. The number of hydrogen-bond acceptors (Lipinski definition) is 6. The molecular formula is C24H25ClF3N5OS. The Kier molecular flexibility index (Phi) is 6.26. The van der Waals surface area contributed by atoms with Crippen molar-refractivity contribution in [1.29, 1.82) is 0 Å². The second-order valence-electron chi connectivity index (χ2n) is 9.32. The van der Waals surface area contributed by atoms with E-state index in [2.05, 4.69) is 28.7 Å². The maximum Gasteiger partial charge on any atom is 0.417 e. The van der Waals surface area contributed by atoms with Crippen molar-refractivity contribution in [1.82, 2.24) is 19.4 Å². The molecule has 1 fully saturated rings. The monoisotopic (exact) mass is 523 g/mol. The maximum absolute atomic E-state index is 14.1. The number of benzene rings is 1. The van der Waals surface area contributed by atoms with Gasteiger partial charge in [0.05, 0.1) is 21.0 Å². The number of halogens is 4. The molecule has 1 aromatic carbocycles. The van der Waals surface area contributed by atoms with Gasteiger partial charge in [-0.3, -0.25) is 14.5 Å². The van der Waals surface area contributed by atoms with E-state index in [0.717, 1.165) is 11.8 Å². The van der Waals surface area contributed by atoms with Crippen LogP contribution in [0.4, 0.5) is 19.0 Å². The van der Waals surface area contributed by atoms with Crippen LogP contribution in [0.3, 0.4) is 0 Å². The van der Waals surface area contributed by atoms with Crippen LogP contribution in [0.1, 0.15) is 31.0 Å². The van der Waals surface area contributed by atoms with E-state index in [1.54, 1.807) is 12.3 Å². The zero-order chi connectivity index (χ0) is 25.1. The van der Waals surface area contributed by atoms with Gasteiger partial charge in [0.25, 0.3) is 0 Å². The third-order valence-electron chi connectivity index (χ3n) is 7.04. The molecule has 11 heteroatoms. The number of aromatic nitrogens is 3. The number of pyridine rings is 1. The fourth-order valence-corrected chi connectivity index (χ4v) is 6.60. The second-order valence-corrected chi connectivity index (χ2v) is 10.7. The highest BCUT2D eigenvalue weighted by atomic mass is 35.5. The first-order valence-electron chi connectivity index (χ1n) is 11.4. The van der Waals surface area contributed by atoms with Gasteiger partial charge in [-0.2, -0.15) is 18.2 Å². The first-order chi connectivity index (χ1) is 16.6. The van der Waals surface area contributed by atoms with Gasteiger partial charge in [-0.25, -0.2) is 4.79 Å². The van der Waals surface area contributed by atoms with Crippen LogP contribution < -0.4 is 10.6 Å². The maximum atomic E-state index is 14.1. The molecule has 5 rings (SSSR count). The van der Waals surface area contributed by atoms with E-state index in [-0.39, 0.29) is 40.3 Å². The Morgan fingerprint density at radius 3 is 2.49 bits per heavy atom. The molecule has 4 heterocycles. The third kappa shape index (κ3) is 4.29. The summed E-state index contributed by atoms with van der Waals surface area (Å²) < 4.78 is 43.7. The van der Waals surface area contributed by atoms with Gasteiger partial charge >= 0.3 is 11.9 Å². The molecule has 0 spiro atoms. The van der Waals surface area contributed by atoms with Crippen LogP contribution in [-0.4, -0.2) is 57.4 Å². The smallest absolute Gasteiger partial charge is 0.353 e. The summed E-state index contributed by atoms with van der Waals surface area (Å²) in [5.41, 5.74) is -0.215. The predicted molar refractivity (Wildman–Crippen MR) is 133 cm³/mol. The lowest BCUT2D eigenvalue weighted by Crippen LogP contribution is -2.55. The van der Waals surface area contributed by atoms with Crippen LogP contribution in [0, 0.1) is 0 Å². The number of thioether (sulfide) groups is 1. The number of anilines is 1. The van der Waals surface area contributed by atoms with Crippen LogP contribution in [0.5, 0.6) is 0 Å². The average Bonchev–Trinajstić information content (AvgIpc) is 3.02. The van der Waals surface area contributed by atoms with Crippen molar-refractivity contribution in [2.75, 3.05) is 30.8 Å². The van der Waals surface area contributed by atoms with Gasteiger partial charge in [0.15, 0.2) is 0 Å². The number of alkyl halides is 3. The molecule has 6 nitrogen and oxygen atoms in total. The highest BCUT2D eigenvalue weighted by molar-refractivity contribution is 7.99. The Balaban J connectivity index is 1.75. The molecule has 2 aliphatic heterocycles.